The normalized spacial score (nSPS) is 19.2. The molecule has 0 saturated carbocycles. The second-order valence-electron chi connectivity index (χ2n) is 2.63. The zero-order valence-electron chi connectivity index (χ0n) is 7.34. The minimum absolute atomic E-state index is 0.788. The monoisotopic (exact) mass is 230 g/mol. The molecule has 0 N–H and O–H groups in total. The summed E-state index contributed by atoms with van der Waals surface area (Å²) in [5, 5.41) is 0. The van der Waals surface area contributed by atoms with Gasteiger partial charge >= 0.3 is 0 Å². The molecule has 66 valence electrons. The summed E-state index contributed by atoms with van der Waals surface area (Å²) in [5.74, 6) is 0.788. The largest absolute Gasteiger partial charge is 0.494 e. The third-order valence-corrected chi connectivity index (χ3v) is 1.74. The van der Waals surface area contributed by atoms with Crippen LogP contribution >= 0.6 is 15.9 Å². The summed E-state index contributed by atoms with van der Waals surface area (Å²) in [6.07, 6.45) is 3.75. The van der Waals surface area contributed by atoms with Crippen LogP contribution in [0.3, 0.4) is 0 Å². The van der Waals surface area contributed by atoms with E-state index in [9.17, 15) is 0 Å². The van der Waals surface area contributed by atoms with Crippen LogP contribution in [0.2, 0.25) is 0 Å². The summed E-state index contributed by atoms with van der Waals surface area (Å²) in [5.41, 5.74) is 0.842. The van der Waals surface area contributed by atoms with E-state index < -0.39 is 0 Å². The maximum atomic E-state index is 5.12. The highest BCUT2D eigenvalue weighted by Gasteiger charge is 2.12. The summed E-state index contributed by atoms with van der Waals surface area (Å²) in [6, 6.07) is 0. The fourth-order valence-corrected chi connectivity index (χ4v) is 1.28. The number of rotatable bonds is 2. The van der Waals surface area contributed by atoms with Gasteiger partial charge in [0.15, 0.2) is 0 Å². The van der Waals surface area contributed by atoms with Crippen molar-refractivity contribution >= 4 is 20.6 Å². The number of hydrogen-bond donors (Lipinski definition) is 0. The molecule has 0 atom stereocenters. The number of halogens is 1. The maximum absolute atomic E-state index is 5.12. The lowest BCUT2D eigenvalue weighted by molar-refractivity contribution is 0.300. The summed E-state index contributed by atoms with van der Waals surface area (Å²) in [4.78, 5) is 6.14. The van der Waals surface area contributed by atoms with E-state index in [0.717, 1.165) is 16.1 Å². The molecule has 0 saturated heterocycles. The van der Waals surface area contributed by atoms with Crippen LogP contribution in [0.15, 0.2) is 28.7 Å². The lowest BCUT2D eigenvalue weighted by Gasteiger charge is -2.07. The van der Waals surface area contributed by atoms with Gasteiger partial charge in [0, 0.05) is 26.4 Å². The number of ether oxygens (including phenoxy) is 1. The van der Waals surface area contributed by atoms with Crippen molar-refractivity contribution in [3.8, 4) is 0 Å². The number of allylic oxidation sites excluding steroid dienone is 1. The molecule has 0 aromatic carbocycles. The third-order valence-electron chi connectivity index (χ3n) is 1.33. The minimum Gasteiger partial charge on any atom is -0.494 e. The Labute approximate surface area is 80.5 Å². The molecule has 1 heterocycles. The highest BCUT2D eigenvalue weighted by atomic mass is 79.9. The molecule has 0 aromatic heterocycles. The lowest BCUT2D eigenvalue weighted by atomic mass is 10.4. The van der Waals surface area contributed by atoms with E-state index in [4.69, 9.17) is 4.74 Å². The molecule has 1 rings (SSSR count). The molecule has 1 aliphatic rings. The van der Waals surface area contributed by atoms with Crippen molar-refractivity contribution in [2.45, 2.75) is 0 Å². The van der Waals surface area contributed by atoms with Crippen LogP contribution in [0.4, 0.5) is 0 Å². The summed E-state index contributed by atoms with van der Waals surface area (Å²) >= 11 is 3.28. The molecule has 0 aliphatic carbocycles. The van der Waals surface area contributed by atoms with Gasteiger partial charge in [-0.3, -0.25) is 0 Å². The zero-order valence-corrected chi connectivity index (χ0v) is 8.92. The fraction of sp³-hybridized carbons (Fsp3) is 0.375. The van der Waals surface area contributed by atoms with Crippen molar-refractivity contribution in [3.05, 3.63) is 23.7 Å². The SMILES string of the molecule is COC1=CC(Br)=N/C1=C/N(C)C. The van der Waals surface area contributed by atoms with Gasteiger partial charge in [0.25, 0.3) is 0 Å². The molecule has 0 spiro atoms. The highest BCUT2D eigenvalue weighted by Crippen LogP contribution is 2.21. The molecule has 1 aliphatic heterocycles. The molecular weight excluding hydrogens is 220 g/mol. The minimum atomic E-state index is 0.788. The number of aliphatic imine (C=N–C) groups is 1. The second kappa shape index (κ2) is 3.76. The van der Waals surface area contributed by atoms with Gasteiger partial charge in [-0.1, -0.05) is 0 Å². The Bertz CT molecular complexity index is 266. The van der Waals surface area contributed by atoms with Gasteiger partial charge in [-0.25, -0.2) is 4.99 Å². The molecule has 0 bridgehead atoms. The quantitative estimate of drug-likeness (QED) is 0.722. The van der Waals surface area contributed by atoms with Crippen molar-refractivity contribution in [2.75, 3.05) is 21.2 Å². The number of hydrogen-bond acceptors (Lipinski definition) is 3. The van der Waals surface area contributed by atoms with Crippen LogP contribution in [0.1, 0.15) is 0 Å². The van der Waals surface area contributed by atoms with Gasteiger partial charge < -0.3 is 9.64 Å². The van der Waals surface area contributed by atoms with E-state index >= 15 is 0 Å². The average molecular weight is 231 g/mol. The molecule has 0 amide bonds. The Hall–Kier alpha value is -0.770. The number of nitrogens with zero attached hydrogens (tertiary/aromatic N) is 2. The van der Waals surface area contributed by atoms with Crippen molar-refractivity contribution < 1.29 is 4.74 Å². The van der Waals surface area contributed by atoms with Crippen LogP contribution in [-0.4, -0.2) is 30.7 Å². The second-order valence-corrected chi connectivity index (χ2v) is 3.44. The predicted molar refractivity (Wildman–Crippen MR) is 53.2 cm³/mol. The third kappa shape index (κ3) is 2.11. The Balaban J connectivity index is 2.86. The van der Waals surface area contributed by atoms with Crippen LogP contribution in [-0.2, 0) is 4.74 Å². The van der Waals surface area contributed by atoms with E-state index in [2.05, 4.69) is 20.9 Å². The molecule has 12 heavy (non-hydrogen) atoms. The van der Waals surface area contributed by atoms with E-state index in [1.165, 1.54) is 0 Å². The van der Waals surface area contributed by atoms with E-state index in [-0.39, 0.29) is 0 Å². The van der Waals surface area contributed by atoms with Crippen molar-refractivity contribution in [1.29, 1.82) is 0 Å². The standard InChI is InChI=1S/C8H11BrN2O/c1-11(2)5-6-7(12-3)4-8(9)10-6/h4-5H,1-3H3/b6-5+. The highest BCUT2D eigenvalue weighted by molar-refractivity contribution is 9.18. The first-order valence-electron chi connectivity index (χ1n) is 3.52. The predicted octanol–water partition coefficient (Wildman–Crippen LogP) is 1.73. The van der Waals surface area contributed by atoms with E-state index in [1.807, 2.05) is 31.3 Å². The van der Waals surface area contributed by atoms with Crippen molar-refractivity contribution in [1.82, 2.24) is 4.90 Å². The van der Waals surface area contributed by atoms with E-state index in [1.54, 1.807) is 7.11 Å². The Morgan fingerprint density at radius 3 is 2.75 bits per heavy atom. The fourth-order valence-electron chi connectivity index (χ4n) is 0.885. The Morgan fingerprint density at radius 2 is 2.25 bits per heavy atom. The van der Waals surface area contributed by atoms with Gasteiger partial charge in [-0.2, -0.15) is 0 Å². The number of methoxy groups -OCH3 is 1. The van der Waals surface area contributed by atoms with Gasteiger partial charge in [0.2, 0.25) is 0 Å². The molecule has 0 fully saturated rings. The summed E-state index contributed by atoms with van der Waals surface area (Å²) in [6.45, 7) is 0. The summed E-state index contributed by atoms with van der Waals surface area (Å²) in [7, 11) is 5.53. The molecule has 4 heteroatoms. The van der Waals surface area contributed by atoms with Crippen LogP contribution in [0, 0.1) is 0 Å². The van der Waals surface area contributed by atoms with Gasteiger partial charge in [0.05, 0.1) is 7.11 Å². The molecule has 0 radical (unpaired) electrons. The van der Waals surface area contributed by atoms with Crippen LogP contribution in [0.25, 0.3) is 0 Å². The summed E-state index contributed by atoms with van der Waals surface area (Å²) < 4.78 is 5.92. The molecule has 3 nitrogen and oxygen atoms in total. The molecule has 0 unspecified atom stereocenters. The Kier molecular flexibility index (Phi) is 2.92. The van der Waals surface area contributed by atoms with Crippen LogP contribution < -0.4 is 0 Å². The average Bonchev–Trinajstić information content (AvgIpc) is 2.29. The first-order chi connectivity index (χ1) is 5.63. The maximum Gasteiger partial charge on any atom is 0.148 e. The van der Waals surface area contributed by atoms with Gasteiger partial charge in [-0.15, -0.1) is 0 Å². The smallest absolute Gasteiger partial charge is 0.148 e. The van der Waals surface area contributed by atoms with Gasteiger partial charge in [-0.05, 0) is 15.9 Å². The van der Waals surface area contributed by atoms with Crippen molar-refractivity contribution in [2.24, 2.45) is 4.99 Å². The first kappa shape index (κ1) is 9.32. The van der Waals surface area contributed by atoms with E-state index in [0.29, 0.717) is 0 Å². The lowest BCUT2D eigenvalue weighted by Crippen LogP contribution is -2.03. The Morgan fingerprint density at radius 1 is 1.58 bits per heavy atom. The molecular formula is C8H11BrN2O. The zero-order chi connectivity index (χ0) is 9.14. The van der Waals surface area contributed by atoms with Gasteiger partial charge in [0.1, 0.15) is 16.1 Å². The van der Waals surface area contributed by atoms with Crippen LogP contribution in [0.5, 0.6) is 0 Å². The van der Waals surface area contributed by atoms with Crippen molar-refractivity contribution in [3.63, 3.8) is 0 Å². The molecule has 0 aromatic rings. The first-order valence-corrected chi connectivity index (χ1v) is 4.31. The topological polar surface area (TPSA) is 24.8 Å².